The summed E-state index contributed by atoms with van der Waals surface area (Å²) in [6, 6.07) is 0.208. The van der Waals surface area contributed by atoms with Crippen LogP contribution in [-0.4, -0.2) is 43.2 Å². The molecule has 1 aliphatic rings. The summed E-state index contributed by atoms with van der Waals surface area (Å²) in [5.74, 6) is 0. The second kappa shape index (κ2) is 7.49. The van der Waals surface area contributed by atoms with E-state index < -0.39 is 0 Å². The van der Waals surface area contributed by atoms with E-state index in [0.29, 0.717) is 0 Å². The van der Waals surface area contributed by atoms with Crippen LogP contribution >= 0.6 is 0 Å². The molecule has 1 saturated heterocycles. The van der Waals surface area contributed by atoms with Gasteiger partial charge >= 0.3 is 6.03 Å². The molecule has 1 heterocycles. The van der Waals surface area contributed by atoms with E-state index in [1.54, 1.807) is 0 Å². The maximum Gasteiger partial charge on any atom is 0.315 e. The fourth-order valence-electron chi connectivity index (χ4n) is 2.05. The summed E-state index contributed by atoms with van der Waals surface area (Å²) in [5, 5.41) is 5.84. The lowest BCUT2D eigenvalue weighted by molar-refractivity contribution is 0.231. The van der Waals surface area contributed by atoms with Gasteiger partial charge in [0.1, 0.15) is 0 Å². The predicted molar refractivity (Wildman–Crippen MR) is 66.6 cm³/mol. The van der Waals surface area contributed by atoms with Crippen molar-refractivity contribution >= 4 is 6.03 Å². The van der Waals surface area contributed by atoms with Crippen molar-refractivity contribution in [3.63, 3.8) is 0 Å². The normalized spacial score (nSPS) is 18.4. The number of hydrogen-bond donors (Lipinski definition) is 2. The lowest BCUT2D eigenvalue weighted by Crippen LogP contribution is -2.45. The molecule has 0 aliphatic carbocycles. The van der Waals surface area contributed by atoms with Gasteiger partial charge in [-0.05, 0) is 39.3 Å². The number of amides is 2. The number of hydrogen-bond acceptors (Lipinski definition) is 2. The molecule has 0 aromatic rings. The Hall–Kier alpha value is -0.770. The van der Waals surface area contributed by atoms with E-state index in [1.165, 1.54) is 25.9 Å². The van der Waals surface area contributed by atoms with Crippen molar-refractivity contribution in [1.82, 2.24) is 15.5 Å². The molecule has 0 saturated carbocycles. The quantitative estimate of drug-likeness (QED) is 0.677. The lowest BCUT2D eigenvalue weighted by Gasteiger charge is -2.21. The molecule has 0 aromatic carbocycles. The van der Waals surface area contributed by atoms with E-state index in [9.17, 15) is 4.79 Å². The Morgan fingerprint density at radius 1 is 1.38 bits per heavy atom. The average Bonchev–Trinajstić information content (AvgIpc) is 2.70. The van der Waals surface area contributed by atoms with Crippen molar-refractivity contribution in [3.8, 4) is 0 Å². The summed E-state index contributed by atoms with van der Waals surface area (Å²) >= 11 is 0. The van der Waals surface area contributed by atoms with Gasteiger partial charge in [0.25, 0.3) is 0 Å². The Labute approximate surface area is 98.8 Å². The molecule has 1 unspecified atom stereocenters. The van der Waals surface area contributed by atoms with Crippen molar-refractivity contribution in [2.75, 3.05) is 26.2 Å². The summed E-state index contributed by atoms with van der Waals surface area (Å²) < 4.78 is 0. The summed E-state index contributed by atoms with van der Waals surface area (Å²) in [6.45, 7) is 8.31. The fraction of sp³-hybridized carbons (Fsp3) is 0.917. The molecule has 16 heavy (non-hydrogen) atoms. The second-order valence-electron chi connectivity index (χ2n) is 4.66. The van der Waals surface area contributed by atoms with Gasteiger partial charge in [0.05, 0.1) is 0 Å². The maximum atomic E-state index is 11.5. The molecule has 0 radical (unpaired) electrons. The van der Waals surface area contributed by atoms with E-state index in [-0.39, 0.29) is 12.1 Å². The number of likely N-dealkylation sites (tertiary alicyclic amines) is 1. The molecule has 4 heteroatoms. The van der Waals surface area contributed by atoms with Gasteiger partial charge in [0, 0.05) is 19.1 Å². The highest BCUT2D eigenvalue weighted by Crippen LogP contribution is 2.07. The first-order valence-electron chi connectivity index (χ1n) is 6.49. The van der Waals surface area contributed by atoms with Crippen LogP contribution in [0.4, 0.5) is 4.79 Å². The monoisotopic (exact) mass is 227 g/mol. The zero-order chi connectivity index (χ0) is 11.8. The number of nitrogens with zero attached hydrogens (tertiary/aromatic N) is 1. The first kappa shape index (κ1) is 13.3. The molecule has 2 N–H and O–H groups in total. The highest BCUT2D eigenvalue weighted by Gasteiger charge is 2.15. The minimum Gasteiger partial charge on any atom is -0.338 e. The molecular weight excluding hydrogens is 202 g/mol. The third-order valence-corrected chi connectivity index (χ3v) is 2.92. The van der Waals surface area contributed by atoms with Crippen molar-refractivity contribution in [2.24, 2.45) is 0 Å². The Bertz CT molecular complexity index is 202. The molecule has 4 nitrogen and oxygen atoms in total. The van der Waals surface area contributed by atoms with Crippen LogP contribution < -0.4 is 10.6 Å². The molecule has 1 rings (SSSR count). The molecular formula is C12H25N3O. The zero-order valence-corrected chi connectivity index (χ0v) is 10.6. The van der Waals surface area contributed by atoms with Crippen LogP contribution in [-0.2, 0) is 0 Å². The van der Waals surface area contributed by atoms with Gasteiger partial charge in [-0.25, -0.2) is 4.79 Å². The molecule has 94 valence electrons. The Morgan fingerprint density at radius 3 is 2.69 bits per heavy atom. The molecule has 1 aliphatic heterocycles. The van der Waals surface area contributed by atoms with Crippen LogP contribution in [0.5, 0.6) is 0 Å². The summed E-state index contributed by atoms with van der Waals surface area (Å²) in [5.41, 5.74) is 0. The SMILES string of the molecule is CCCCNC(=O)NC(C)CN1CCCC1. The van der Waals surface area contributed by atoms with E-state index in [2.05, 4.69) is 29.4 Å². The largest absolute Gasteiger partial charge is 0.338 e. The van der Waals surface area contributed by atoms with Crippen molar-refractivity contribution in [2.45, 2.75) is 45.6 Å². The van der Waals surface area contributed by atoms with Gasteiger partial charge in [0.15, 0.2) is 0 Å². The number of rotatable bonds is 6. The van der Waals surface area contributed by atoms with Gasteiger partial charge in [-0.15, -0.1) is 0 Å². The van der Waals surface area contributed by atoms with E-state index >= 15 is 0 Å². The summed E-state index contributed by atoms with van der Waals surface area (Å²) in [4.78, 5) is 13.9. The van der Waals surface area contributed by atoms with Gasteiger partial charge in [-0.3, -0.25) is 0 Å². The molecule has 2 amide bonds. The number of nitrogens with one attached hydrogen (secondary N) is 2. The fourth-order valence-corrected chi connectivity index (χ4v) is 2.05. The maximum absolute atomic E-state index is 11.5. The molecule has 0 aromatic heterocycles. The summed E-state index contributed by atoms with van der Waals surface area (Å²) in [7, 11) is 0. The first-order valence-corrected chi connectivity index (χ1v) is 6.49. The van der Waals surface area contributed by atoms with E-state index in [4.69, 9.17) is 0 Å². The van der Waals surface area contributed by atoms with Crippen LogP contribution in [0, 0.1) is 0 Å². The smallest absolute Gasteiger partial charge is 0.315 e. The van der Waals surface area contributed by atoms with Crippen LogP contribution in [0.3, 0.4) is 0 Å². The number of unbranched alkanes of at least 4 members (excludes halogenated alkanes) is 1. The van der Waals surface area contributed by atoms with E-state index in [1.807, 2.05) is 0 Å². The van der Waals surface area contributed by atoms with Crippen molar-refractivity contribution < 1.29 is 4.79 Å². The lowest BCUT2D eigenvalue weighted by atomic mass is 10.3. The molecule has 0 spiro atoms. The van der Waals surface area contributed by atoms with Gasteiger partial charge in [0.2, 0.25) is 0 Å². The van der Waals surface area contributed by atoms with Gasteiger partial charge < -0.3 is 15.5 Å². The van der Waals surface area contributed by atoms with Crippen LogP contribution in [0.1, 0.15) is 39.5 Å². The minimum atomic E-state index is -0.0276. The first-order chi connectivity index (χ1) is 7.72. The highest BCUT2D eigenvalue weighted by atomic mass is 16.2. The number of carbonyl (C=O) groups is 1. The standard InChI is InChI=1S/C12H25N3O/c1-3-4-7-13-12(16)14-11(2)10-15-8-5-6-9-15/h11H,3-10H2,1-2H3,(H2,13,14,16). The highest BCUT2D eigenvalue weighted by molar-refractivity contribution is 5.74. The second-order valence-corrected chi connectivity index (χ2v) is 4.66. The van der Waals surface area contributed by atoms with Crippen LogP contribution in [0.2, 0.25) is 0 Å². The van der Waals surface area contributed by atoms with Crippen molar-refractivity contribution in [3.05, 3.63) is 0 Å². The summed E-state index contributed by atoms with van der Waals surface area (Å²) in [6.07, 6.45) is 4.77. The van der Waals surface area contributed by atoms with Crippen LogP contribution in [0.15, 0.2) is 0 Å². The Balaban J connectivity index is 2.07. The molecule has 1 atom stereocenters. The Kier molecular flexibility index (Phi) is 6.23. The van der Waals surface area contributed by atoms with Gasteiger partial charge in [-0.1, -0.05) is 13.3 Å². The number of urea groups is 1. The predicted octanol–water partition coefficient (Wildman–Crippen LogP) is 1.57. The Morgan fingerprint density at radius 2 is 2.06 bits per heavy atom. The van der Waals surface area contributed by atoms with Crippen molar-refractivity contribution in [1.29, 1.82) is 0 Å². The molecule has 1 fully saturated rings. The van der Waals surface area contributed by atoms with Gasteiger partial charge in [-0.2, -0.15) is 0 Å². The average molecular weight is 227 g/mol. The third-order valence-electron chi connectivity index (χ3n) is 2.92. The minimum absolute atomic E-state index is 0.0276. The topological polar surface area (TPSA) is 44.4 Å². The van der Waals surface area contributed by atoms with Crippen LogP contribution in [0.25, 0.3) is 0 Å². The molecule has 0 bridgehead atoms. The number of carbonyl (C=O) groups excluding carboxylic acids is 1. The third kappa shape index (κ3) is 5.35. The zero-order valence-electron chi connectivity index (χ0n) is 10.6. The van der Waals surface area contributed by atoms with E-state index in [0.717, 1.165) is 25.9 Å².